The van der Waals surface area contributed by atoms with E-state index in [1.54, 1.807) is 7.11 Å². The van der Waals surface area contributed by atoms with Gasteiger partial charge in [-0.15, -0.1) is 0 Å². The van der Waals surface area contributed by atoms with Gasteiger partial charge in [0.05, 0.1) is 7.11 Å². The first-order valence-electron chi connectivity index (χ1n) is 8.67. The first-order valence-corrected chi connectivity index (χ1v) is 8.67. The molecule has 1 spiro atoms. The first-order chi connectivity index (χ1) is 10.3. The number of para-hydroxylation sites is 1. The van der Waals surface area contributed by atoms with Crippen molar-refractivity contribution in [1.82, 2.24) is 5.32 Å². The van der Waals surface area contributed by atoms with Crippen LogP contribution in [0, 0.1) is 5.41 Å². The quantitative estimate of drug-likeness (QED) is 0.870. The van der Waals surface area contributed by atoms with Gasteiger partial charge in [-0.2, -0.15) is 0 Å². The van der Waals surface area contributed by atoms with Crippen LogP contribution in [0.5, 0.6) is 5.75 Å². The second kappa shape index (κ2) is 6.83. The Balaban J connectivity index is 1.42. The number of nitrogens with one attached hydrogen (secondary N) is 1. The average Bonchev–Trinajstić information content (AvgIpc) is 2.98. The highest BCUT2D eigenvalue weighted by Crippen LogP contribution is 2.48. The predicted molar refractivity (Wildman–Crippen MR) is 87.9 cm³/mol. The zero-order valence-corrected chi connectivity index (χ0v) is 13.4. The molecule has 2 fully saturated rings. The molecule has 0 atom stereocenters. The summed E-state index contributed by atoms with van der Waals surface area (Å²) in [6.45, 7) is 1.07. The van der Waals surface area contributed by atoms with Crippen molar-refractivity contribution in [2.24, 2.45) is 5.41 Å². The summed E-state index contributed by atoms with van der Waals surface area (Å²) in [6.07, 6.45) is 12.7. The average molecular weight is 287 g/mol. The SMILES string of the molecule is COc1ccccc1CCNC1CCC2(CCCC2)CC1. The maximum Gasteiger partial charge on any atom is 0.122 e. The second-order valence-electron chi connectivity index (χ2n) is 7.00. The number of hydrogen-bond donors (Lipinski definition) is 1. The van der Waals surface area contributed by atoms with E-state index in [4.69, 9.17) is 4.74 Å². The van der Waals surface area contributed by atoms with Crippen molar-refractivity contribution >= 4 is 0 Å². The van der Waals surface area contributed by atoms with Crippen LogP contribution in [0.25, 0.3) is 0 Å². The number of ether oxygens (including phenoxy) is 1. The van der Waals surface area contributed by atoms with Gasteiger partial charge >= 0.3 is 0 Å². The molecule has 0 bridgehead atoms. The predicted octanol–water partition coefficient (Wildman–Crippen LogP) is 4.33. The summed E-state index contributed by atoms with van der Waals surface area (Å²) in [7, 11) is 1.76. The molecule has 0 heterocycles. The molecule has 0 unspecified atom stereocenters. The minimum absolute atomic E-state index is 0.742. The fourth-order valence-corrected chi connectivity index (χ4v) is 4.38. The Morgan fingerprint density at radius 1 is 1.10 bits per heavy atom. The molecule has 2 aliphatic rings. The Labute approximate surface area is 129 Å². The molecule has 0 amide bonds. The monoisotopic (exact) mass is 287 g/mol. The summed E-state index contributed by atoms with van der Waals surface area (Å²) in [6, 6.07) is 9.11. The fraction of sp³-hybridized carbons (Fsp3) is 0.684. The molecule has 2 nitrogen and oxygen atoms in total. The van der Waals surface area contributed by atoms with Gasteiger partial charge in [-0.3, -0.25) is 0 Å². The van der Waals surface area contributed by atoms with Crippen molar-refractivity contribution in [3.8, 4) is 5.75 Å². The minimum atomic E-state index is 0.742. The Hall–Kier alpha value is -1.02. The van der Waals surface area contributed by atoms with E-state index in [2.05, 4.69) is 23.5 Å². The third-order valence-electron chi connectivity index (χ3n) is 5.73. The molecular formula is C19H29NO. The normalized spacial score (nSPS) is 21.8. The molecule has 1 aromatic carbocycles. The van der Waals surface area contributed by atoms with Gasteiger partial charge in [0.25, 0.3) is 0 Å². The largest absolute Gasteiger partial charge is 0.496 e. The van der Waals surface area contributed by atoms with E-state index < -0.39 is 0 Å². The van der Waals surface area contributed by atoms with E-state index in [-0.39, 0.29) is 0 Å². The van der Waals surface area contributed by atoms with Crippen LogP contribution < -0.4 is 10.1 Å². The summed E-state index contributed by atoms with van der Waals surface area (Å²) in [5.74, 6) is 1.02. The van der Waals surface area contributed by atoms with Crippen LogP contribution in [0.4, 0.5) is 0 Å². The van der Waals surface area contributed by atoms with Crippen LogP contribution in [0.15, 0.2) is 24.3 Å². The Bertz CT molecular complexity index is 441. The zero-order valence-electron chi connectivity index (χ0n) is 13.4. The van der Waals surface area contributed by atoms with E-state index in [1.807, 2.05) is 6.07 Å². The van der Waals surface area contributed by atoms with Gasteiger partial charge in [-0.25, -0.2) is 0 Å². The minimum Gasteiger partial charge on any atom is -0.496 e. The van der Waals surface area contributed by atoms with Gasteiger partial charge in [0.2, 0.25) is 0 Å². The van der Waals surface area contributed by atoms with Gasteiger partial charge in [0, 0.05) is 6.04 Å². The van der Waals surface area contributed by atoms with Crippen LogP contribution in [0.2, 0.25) is 0 Å². The second-order valence-corrected chi connectivity index (χ2v) is 7.00. The molecule has 0 radical (unpaired) electrons. The molecular weight excluding hydrogens is 258 g/mol. The Morgan fingerprint density at radius 3 is 2.52 bits per heavy atom. The van der Waals surface area contributed by atoms with Crippen molar-refractivity contribution in [1.29, 1.82) is 0 Å². The molecule has 0 aromatic heterocycles. The summed E-state index contributed by atoms with van der Waals surface area (Å²) in [5.41, 5.74) is 2.07. The lowest BCUT2D eigenvalue weighted by molar-refractivity contribution is 0.169. The fourth-order valence-electron chi connectivity index (χ4n) is 4.38. The van der Waals surface area contributed by atoms with Gasteiger partial charge < -0.3 is 10.1 Å². The third kappa shape index (κ3) is 3.60. The molecule has 3 rings (SSSR count). The van der Waals surface area contributed by atoms with E-state index in [1.165, 1.54) is 56.9 Å². The number of rotatable bonds is 5. The highest BCUT2D eigenvalue weighted by molar-refractivity contribution is 5.33. The molecule has 2 saturated carbocycles. The number of benzene rings is 1. The molecule has 21 heavy (non-hydrogen) atoms. The van der Waals surface area contributed by atoms with Gasteiger partial charge in [0.15, 0.2) is 0 Å². The van der Waals surface area contributed by atoms with Gasteiger partial charge in [-0.1, -0.05) is 31.0 Å². The summed E-state index contributed by atoms with van der Waals surface area (Å²) < 4.78 is 5.42. The summed E-state index contributed by atoms with van der Waals surface area (Å²) in [4.78, 5) is 0. The topological polar surface area (TPSA) is 21.3 Å². The maximum atomic E-state index is 5.42. The van der Waals surface area contributed by atoms with E-state index in [0.717, 1.165) is 30.2 Å². The summed E-state index contributed by atoms with van der Waals surface area (Å²) >= 11 is 0. The van der Waals surface area contributed by atoms with Crippen molar-refractivity contribution in [3.05, 3.63) is 29.8 Å². The standard InChI is InChI=1S/C19H29NO/c1-21-18-7-3-2-6-16(18)10-15-20-17-8-13-19(14-9-17)11-4-5-12-19/h2-3,6-7,17,20H,4-5,8-15H2,1H3. The molecule has 2 aliphatic carbocycles. The third-order valence-corrected chi connectivity index (χ3v) is 5.73. The van der Waals surface area contributed by atoms with Crippen LogP contribution in [0.3, 0.4) is 0 Å². The van der Waals surface area contributed by atoms with Gasteiger partial charge in [0.1, 0.15) is 5.75 Å². The lowest BCUT2D eigenvalue weighted by atomic mass is 9.71. The molecule has 2 heteroatoms. The highest BCUT2D eigenvalue weighted by Gasteiger charge is 2.37. The molecule has 1 aromatic rings. The van der Waals surface area contributed by atoms with Crippen LogP contribution in [0.1, 0.15) is 56.9 Å². The van der Waals surface area contributed by atoms with E-state index in [0.29, 0.717) is 0 Å². The van der Waals surface area contributed by atoms with E-state index in [9.17, 15) is 0 Å². The highest BCUT2D eigenvalue weighted by atomic mass is 16.5. The maximum absolute atomic E-state index is 5.42. The van der Waals surface area contributed by atoms with Crippen LogP contribution in [-0.4, -0.2) is 19.7 Å². The van der Waals surface area contributed by atoms with Crippen molar-refractivity contribution in [2.75, 3.05) is 13.7 Å². The van der Waals surface area contributed by atoms with Crippen molar-refractivity contribution in [3.63, 3.8) is 0 Å². The number of hydrogen-bond acceptors (Lipinski definition) is 2. The van der Waals surface area contributed by atoms with Crippen molar-refractivity contribution < 1.29 is 4.74 Å². The Morgan fingerprint density at radius 2 is 1.81 bits per heavy atom. The molecule has 1 N–H and O–H groups in total. The lowest BCUT2D eigenvalue weighted by Gasteiger charge is -2.37. The smallest absolute Gasteiger partial charge is 0.122 e. The first kappa shape index (κ1) is 14.9. The number of methoxy groups -OCH3 is 1. The van der Waals surface area contributed by atoms with E-state index >= 15 is 0 Å². The van der Waals surface area contributed by atoms with Crippen LogP contribution in [-0.2, 0) is 6.42 Å². The van der Waals surface area contributed by atoms with Crippen LogP contribution >= 0.6 is 0 Å². The molecule has 0 saturated heterocycles. The molecule has 116 valence electrons. The zero-order chi connectivity index (χ0) is 14.5. The Kier molecular flexibility index (Phi) is 4.84. The lowest BCUT2D eigenvalue weighted by Crippen LogP contribution is -2.37. The van der Waals surface area contributed by atoms with Gasteiger partial charge in [-0.05, 0) is 68.5 Å². The van der Waals surface area contributed by atoms with Crippen molar-refractivity contribution in [2.45, 2.75) is 63.8 Å². The summed E-state index contributed by atoms with van der Waals surface area (Å²) in [5, 5.41) is 3.77. The molecule has 0 aliphatic heterocycles.